The molecule has 0 radical (unpaired) electrons. The number of rotatable bonds is 7. The summed E-state index contributed by atoms with van der Waals surface area (Å²) in [5.41, 5.74) is 1.97. The molecule has 1 aliphatic heterocycles. The maximum atomic E-state index is 13.3. The lowest BCUT2D eigenvalue weighted by Crippen LogP contribution is -2.44. The number of pyridine rings is 1. The van der Waals surface area contributed by atoms with Crippen LogP contribution in [0.5, 0.6) is 5.75 Å². The average molecular weight is 475 g/mol. The molecule has 1 unspecified atom stereocenters. The van der Waals surface area contributed by atoms with Crippen LogP contribution in [-0.4, -0.2) is 45.8 Å². The standard InChI is InChI=1S/C26H30N6O3/c1-31-17-20(16-28-31)29-26(34)22(14-18-6-2-3-7-18)30-25(33)19-8-4-9-21(15-19)32-12-13-35-23-10-5-11-27-24(23)32/h4-5,8-11,15-18,22H,2-3,6-7,12-14H2,1H3,(H,29,34)(H,30,33). The van der Waals surface area contributed by atoms with Crippen LogP contribution >= 0.6 is 0 Å². The summed E-state index contributed by atoms with van der Waals surface area (Å²) in [6.45, 7) is 1.17. The molecule has 1 fully saturated rings. The third-order valence-electron chi connectivity index (χ3n) is 6.64. The largest absolute Gasteiger partial charge is 0.488 e. The summed E-state index contributed by atoms with van der Waals surface area (Å²) in [6.07, 6.45) is 10.2. The fourth-order valence-electron chi connectivity index (χ4n) is 4.88. The molecule has 9 heteroatoms. The van der Waals surface area contributed by atoms with Crippen molar-refractivity contribution in [2.24, 2.45) is 13.0 Å². The van der Waals surface area contributed by atoms with Crippen LogP contribution in [0.3, 0.4) is 0 Å². The molecule has 0 spiro atoms. The minimum absolute atomic E-state index is 0.222. The van der Waals surface area contributed by atoms with Crippen LogP contribution in [0.4, 0.5) is 17.2 Å². The van der Waals surface area contributed by atoms with Gasteiger partial charge in [-0.05, 0) is 42.7 Å². The fourth-order valence-corrected chi connectivity index (χ4v) is 4.88. The van der Waals surface area contributed by atoms with Crippen LogP contribution in [0.2, 0.25) is 0 Å². The van der Waals surface area contributed by atoms with Crippen molar-refractivity contribution >= 4 is 29.0 Å². The molecular weight excluding hydrogens is 444 g/mol. The van der Waals surface area contributed by atoms with E-state index in [2.05, 4.69) is 20.7 Å². The van der Waals surface area contributed by atoms with E-state index >= 15 is 0 Å². The molecule has 1 aliphatic carbocycles. The number of ether oxygens (including phenoxy) is 1. The van der Waals surface area contributed by atoms with Gasteiger partial charge in [-0.1, -0.05) is 31.7 Å². The van der Waals surface area contributed by atoms with E-state index in [1.54, 1.807) is 36.4 Å². The Hall–Kier alpha value is -3.88. The highest BCUT2D eigenvalue weighted by Crippen LogP contribution is 2.34. The first-order valence-electron chi connectivity index (χ1n) is 12.1. The number of anilines is 3. The Morgan fingerprint density at radius 2 is 2.06 bits per heavy atom. The van der Waals surface area contributed by atoms with Crippen molar-refractivity contribution in [1.29, 1.82) is 0 Å². The molecule has 3 heterocycles. The number of amides is 2. The van der Waals surface area contributed by atoms with E-state index in [-0.39, 0.29) is 11.8 Å². The summed E-state index contributed by atoms with van der Waals surface area (Å²) in [7, 11) is 1.79. The van der Waals surface area contributed by atoms with Gasteiger partial charge < -0.3 is 20.3 Å². The van der Waals surface area contributed by atoms with Crippen LogP contribution in [0.25, 0.3) is 0 Å². The number of hydrogen-bond donors (Lipinski definition) is 2. The molecule has 2 aromatic heterocycles. The Morgan fingerprint density at radius 1 is 1.20 bits per heavy atom. The molecular formula is C26H30N6O3. The lowest BCUT2D eigenvalue weighted by Gasteiger charge is -2.30. The van der Waals surface area contributed by atoms with Gasteiger partial charge in [-0.2, -0.15) is 5.10 Å². The van der Waals surface area contributed by atoms with Crippen molar-refractivity contribution < 1.29 is 14.3 Å². The second-order valence-electron chi connectivity index (χ2n) is 9.18. The first kappa shape index (κ1) is 22.9. The molecule has 2 N–H and O–H groups in total. The van der Waals surface area contributed by atoms with Gasteiger partial charge in [0.05, 0.1) is 18.4 Å². The number of nitrogens with one attached hydrogen (secondary N) is 2. The normalized spacial score (nSPS) is 16.3. The molecule has 9 nitrogen and oxygen atoms in total. The van der Waals surface area contributed by atoms with E-state index in [0.717, 1.165) is 30.1 Å². The summed E-state index contributed by atoms with van der Waals surface area (Å²) < 4.78 is 7.34. The third-order valence-corrected chi connectivity index (χ3v) is 6.64. The second kappa shape index (κ2) is 10.2. The Labute approximate surface area is 204 Å². The number of benzene rings is 1. The zero-order valence-corrected chi connectivity index (χ0v) is 19.8. The summed E-state index contributed by atoms with van der Waals surface area (Å²) in [6, 6.07) is 10.5. The number of aryl methyl sites for hydroxylation is 1. The van der Waals surface area contributed by atoms with E-state index in [4.69, 9.17) is 4.74 Å². The van der Waals surface area contributed by atoms with Crippen molar-refractivity contribution in [3.63, 3.8) is 0 Å². The number of fused-ring (bicyclic) bond motifs is 1. The Morgan fingerprint density at radius 3 is 2.86 bits per heavy atom. The minimum Gasteiger partial charge on any atom is -0.488 e. The summed E-state index contributed by atoms with van der Waals surface area (Å²) in [4.78, 5) is 32.9. The van der Waals surface area contributed by atoms with Crippen LogP contribution < -0.4 is 20.3 Å². The molecule has 2 aliphatic rings. The lowest BCUT2D eigenvalue weighted by molar-refractivity contribution is -0.118. The van der Waals surface area contributed by atoms with E-state index in [1.807, 2.05) is 35.2 Å². The number of carbonyl (C=O) groups excluding carboxylic acids is 2. The first-order chi connectivity index (χ1) is 17.1. The lowest BCUT2D eigenvalue weighted by atomic mass is 9.97. The predicted octanol–water partition coefficient (Wildman–Crippen LogP) is 3.66. The molecule has 0 saturated heterocycles. The SMILES string of the molecule is Cn1cc(NC(=O)C(CC2CCCC2)NC(=O)c2cccc(N3CCOc4cccnc43)c2)cn1. The van der Waals surface area contributed by atoms with Gasteiger partial charge in [-0.3, -0.25) is 14.3 Å². The molecule has 1 aromatic carbocycles. The molecule has 5 rings (SSSR count). The molecule has 1 saturated carbocycles. The summed E-state index contributed by atoms with van der Waals surface area (Å²) in [5.74, 6) is 1.39. The zero-order chi connectivity index (χ0) is 24.2. The quantitative estimate of drug-likeness (QED) is 0.542. The predicted molar refractivity (Wildman–Crippen MR) is 133 cm³/mol. The topological polar surface area (TPSA) is 101 Å². The maximum absolute atomic E-state index is 13.3. The molecule has 0 bridgehead atoms. The van der Waals surface area contributed by atoms with E-state index in [9.17, 15) is 9.59 Å². The van der Waals surface area contributed by atoms with Gasteiger partial charge in [0.2, 0.25) is 5.91 Å². The van der Waals surface area contributed by atoms with Crippen molar-refractivity contribution in [1.82, 2.24) is 20.1 Å². The Balaban J connectivity index is 1.33. The van der Waals surface area contributed by atoms with Crippen LogP contribution in [-0.2, 0) is 11.8 Å². The minimum atomic E-state index is -0.625. The van der Waals surface area contributed by atoms with Gasteiger partial charge in [0.1, 0.15) is 12.6 Å². The van der Waals surface area contributed by atoms with Gasteiger partial charge in [0.25, 0.3) is 5.91 Å². The zero-order valence-electron chi connectivity index (χ0n) is 19.8. The molecule has 1 atom stereocenters. The number of aromatic nitrogens is 3. The first-order valence-corrected chi connectivity index (χ1v) is 12.1. The van der Waals surface area contributed by atoms with Crippen molar-refractivity contribution in [2.75, 3.05) is 23.4 Å². The van der Waals surface area contributed by atoms with E-state index < -0.39 is 6.04 Å². The highest BCUT2D eigenvalue weighted by molar-refractivity contribution is 6.01. The number of nitrogens with zero attached hydrogens (tertiary/aromatic N) is 4. The van der Waals surface area contributed by atoms with Crippen LogP contribution in [0, 0.1) is 5.92 Å². The Bertz CT molecular complexity index is 1200. The fraction of sp³-hybridized carbons (Fsp3) is 0.385. The number of carbonyl (C=O) groups is 2. The van der Waals surface area contributed by atoms with Gasteiger partial charge in [0, 0.05) is 30.7 Å². The molecule has 35 heavy (non-hydrogen) atoms. The summed E-state index contributed by atoms with van der Waals surface area (Å²) in [5, 5.41) is 10.0. The van der Waals surface area contributed by atoms with E-state index in [0.29, 0.717) is 36.7 Å². The van der Waals surface area contributed by atoms with Crippen LogP contribution in [0.1, 0.15) is 42.5 Å². The van der Waals surface area contributed by atoms with Crippen molar-refractivity contribution in [2.45, 2.75) is 38.1 Å². The van der Waals surface area contributed by atoms with Gasteiger partial charge in [0.15, 0.2) is 11.6 Å². The van der Waals surface area contributed by atoms with Crippen LogP contribution in [0.15, 0.2) is 55.0 Å². The van der Waals surface area contributed by atoms with Gasteiger partial charge in [-0.15, -0.1) is 0 Å². The summed E-state index contributed by atoms with van der Waals surface area (Å²) >= 11 is 0. The average Bonchev–Trinajstić information content (AvgIpc) is 3.54. The van der Waals surface area contributed by atoms with Gasteiger partial charge >= 0.3 is 0 Å². The highest BCUT2D eigenvalue weighted by atomic mass is 16.5. The van der Waals surface area contributed by atoms with E-state index in [1.165, 1.54) is 12.8 Å². The molecule has 3 aromatic rings. The maximum Gasteiger partial charge on any atom is 0.252 e. The number of hydrogen-bond acceptors (Lipinski definition) is 6. The third kappa shape index (κ3) is 5.29. The van der Waals surface area contributed by atoms with Crippen molar-refractivity contribution in [3.05, 3.63) is 60.6 Å². The second-order valence-corrected chi connectivity index (χ2v) is 9.18. The molecule has 2 amide bonds. The smallest absolute Gasteiger partial charge is 0.252 e. The molecule has 182 valence electrons. The highest BCUT2D eigenvalue weighted by Gasteiger charge is 2.28. The van der Waals surface area contributed by atoms with Gasteiger partial charge in [-0.25, -0.2) is 4.98 Å². The monoisotopic (exact) mass is 474 g/mol. The Kier molecular flexibility index (Phi) is 6.65. The van der Waals surface area contributed by atoms with Crippen molar-refractivity contribution in [3.8, 4) is 5.75 Å².